The van der Waals surface area contributed by atoms with E-state index in [1.165, 1.54) is 12.1 Å². The number of nitrogens with two attached hydrogens (primary N) is 1. The van der Waals surface area contributed by atoms with Crippen LogP contribution in [-0.4, -0.2) is 26.9 Å². The van der Waals surface area contributed by atoms with Gasteiger partial charge in [-0.1, -0.05) is 12.1 Å². The quantitative estimate of drug-likeness (QED) is 0.622. The highest BCUT2D eigenvalue weighted by molar-refractivity contribution is 7.89. The van der Waals surface area contributed by atoms with Gasteiger partial charge in [-0.15, -0.1) is 0 Å². The predicted octanol–water partition coefficient (Wildman–Crippen LogP) is 2.02. The number of aryl methyl sites for hydroxylation is 2. The van der Waals surface area contributed by atoms with E-state index in [4.69, 9.17) is 5.14 Å². The van der Waals surface area contributed by atoms with Crippen LogP contribution < -0.4 is 21.1 Å². The van der Waals surface area contributed by atoms with Crippen LogP contribution in [0.3, 0.4) is 0 Å². The van der Waals surface area contributed by atoms with Gasteiger partial charge in [-0.05, 0) is 61.7 Å². The Morgan fingerprint density at radius 2 is 1.74 bits per heavy atom. The van der Waals surface area contributed by atoms with Gasteiger partial charge in [0.05, 0.1) is 11.4 Å². The molecule has 0 bridgehead atoms. The van der Waals surface area contributed by atoms with E-state index in [0.29, 0.717) is 22.5 Å². The third kappa shape index (κ3) is 5.80. The van der Waals surface area contributed by atoms with Crippen LogP contribution in [0, 0.1) is 20.8 Å². The molecule has 9 heteroatoms. The maximum atomic E-state index is 12.1. The number of amides is 3. The minimum absolute atomic E-state index is 0.0916. The lowest BCUT2D eigenvalue weighted by molar-refractivity contribution is -0.115. The Balaban J connectivity index is 1.99. The zero-order valence-electron chi connectivity index (χ0n) is 15.3. The Hall–Kier alpha value is -2.91. The Morgan fingerprint density at radius 1 is 1.04 bits per heavy atom. The summed E-state index contributed by atoms with van der Waals surface area (Å²) in [6.45, 7) is 5.08. The molecule has 2 aromatic rings. The molecule has 0 saturated heterocycles. The number of nitrogens with one attached hydrogen (secondary N) is 3. The van der Waals surface area contributed by atoms with Gasteiger partial charge in [0.25, 0.3) is 0 Å². The van der Waals surface area contributed by atoms with E-state index in [0.717, 1.165) is 5.56 Å². The number of sulfonamides is 1. The van der Waals surface area contributed by atoms with E-state index >= 15 is 0 Å². The van der Waals surface area contributed by atoms with Crippen LogP contribution in [0.25, 0.3) is 0 Å². The number of anilines is 2. The molecule has 3 amide bonds. The maximum absolute atomic E-state index is 12.1. The smallest absolute Gasteiger partial charge is 0.319 e. The number of urea groups is 1. The third-order valence-electron chi connectivity index (χ3n) is 3.93. The van der Waals surface area contributed by atoms with Crippen molar-refractivity contribution in [1.29, 1.82) is 0 Å². The van der Waals surface area contributed by atoms with Gasteiger partial charge in [0.15, 0.2) is 0 Å². The van der Waals surface area contributed by atoms with Crippen LogP contribution in [-0.2, 0) is 14.8 Å². The number of carbonyl (C=O) groups is 2. The summed E-state index contributed by atoms with van der Waals surface area (Å²) in [5.41, 5.74) is 3.30. The molecule has 27 heavy (non-hydrogen) atoms. The average molecular weight is 390 g/mol. The topological polar surface area (TPSA) is 130 Å². The normalized spacial score (nSPS) is 11.0. The molecule has 0 atom stereocenters. The van der Waals surface area contributed by atoms with E-state index in [2.05, 4.69) is 16.0 Å². The van der Waals surface area contributed by atoms with Crippen LogP contribution >= 0.6 is 0 Å². The van der Waals surface area contributed by atoms with E-state index in [1.54, 1.807) is 32.0 Å². The van der Waals surface area contributed by atoms with Crippen molar-refractivity contribution in [3.63, 3.8) is 0 Å². The van der Waals surface area contributed by atoms with Crippen LogP contribution in [0.15, 0.2) is 41.3 Å². The van der Waals surface area contributed by atoms with E-state index in [1.807, 2.05) is 13.0 Å². The largest absolute Gasteiger partial charge is 0.329 e. The molecule has 0 heterocycles. The molecule has 0 unspecified atom stereocenters. The molecule has 144 valence electrons. The molecule has 5 N–H and O–H groups in total. The fourth-order valence-electron chi connectivity index (χ4n) is 2.37. The molecule has 0 aromatic heterocycles. The first-order chi connectivity index (χ1) is 12.6. The minimum Gasteiger partial charge on any atom is -0.329 e. The number of carbonyl (C=O) groups excluding carboxylic acids is 2. The molecule has 0 radical (unpaired) electrons. The summed E-state index contributed by atoms with van der Waals surface area (Å²) >= 11 is 0. The highest BCUT2D eigenvalue weighted by atomic mass is 32.2. The average Bonchev–Trinajstić information content (AvgIpc) is 2.56. The van der Waals surface area contributed by atoms with E-state index < -0.39 is 22.0 Å². The Morgan fingerprint density at radius 3 is 2.37 bits per heavy atom. The van der Waals surface area contributed by atoms with Crippen molar-refractivity contribution in [3.05, 3.63) is 53.1 Å². The minimum atomic E-state index is -3.90. The highest BCUT2D eigenvalue weighted by Gasteiger charge is 2.14. The standard InChI is InChI=1S/C18H22N4O4S/c1-11-5-4-6-14(7-11)21-18(24)20-10-17(23)22-16-9-15(27(19,25)26)8-12(2)13(16)3/h4-9H,10H2,1-3H3,(H,22,23)(H2,19,25,26)(H2,20,21,24). The van der Waals surface area contributed by atoms with Gasteiger partial charge in [0.2, 0.25) is 15.9 Å². The van der Waals surface area contributed by atoms with Crippen LogP contribution in [0.2, 0.25) is 0 Å². The summed E-state index contributed by atoms with van der Waals surface area (Å²) in [7, 11) is -3.90. The second-order valence-electron chi connectivity index (χ2n) is 6.18. The Labute approximate surface area is 158 Å². The van der Waals surface area contributed by atoms with Crippen LogP contribution in [0.4, 0.5) is 16.2 Å². The summed E-state index contributed by atoms with van der Waals surface area (Å²) < 4.78 is 23.1. The van der Waals surface area contributed by atoms with Crippen LogP contribution in [0.5, 0.6) is 0 Å². The molecule has 0 fully saturated rings. The molecule has 2 aromatic carbocycles. The van der Waals surface area contributed by atoms with Gasteiger partial charge in [-0.3, -0.25) is 4.79 Å². The Bertz CT molecular complexity index is 987. The van der Waals surface area contributed by atoms with Crippen molar-refractivity contribution in [2.45, 2.75) is 25.7 Å². The van der Waals surface area contributed by atoms with Crippen molar-refractivity contribution in [2.24, 2.45) is 5.14 Å². The molecule has 0 spiro atoms. The first-order valence-electron chi connectivity index (χ1n) is 8.11. The second kappa shape index (κ2) is 8.19. The summed E-state index contributed by atoms with van der Waals surface area (Å²) in [6.07, 6.45) is 0. The molecular weight excluding hydrogens is 368 g/mol. The lowest BCUT2D eigenvalue weighted by atomic mass is 10.1. The van der Waals surface area contributed by atoms with Crippen LogP contribution in [0.1, 0.15) is 16.7 Å². The summed E-state index contributed by atoms with van der Waals surface area (Å²) in [6, 6.07) is 9.44. The molecule has 0 saturated carbocycles. The molecule has 0 aliphatic carbocycles. The number of rotatable bonds is 5. The SMILES string of the molecule is Cc1cccc(NC(=O)NCC(=O)Nc2cc(S(N)(=O)=O)cc(C)c2C)c1. The van der Waals surface area contributed by atoms with Gasteiger partial charge in [0.1, 0.15) is 0 Å². The van der Waals surface area contributed by atoms with Crippen molar-refractivity contribution in [3.8, 4) is 0 Å². The lowest BCUT2D eigenvalue weighted by Crippen LogP contribution is -2.36. The van der Waals surface area contributed by atoms with Gasteiger partial charge < -0.3 is 16.0 Å². The summed E-state index contributed by atoms with van der Waals surface area (Å²) in [5, 5.41) is 12.8. The fourth-order valence-corrected chi connectivity index (χ4v) is 3.00. The van der Waals surface area contributed by atoms with Gasteiger partial charge >= 0.3 is 6.03 Å². The molecular formula is C18H22N4O4S. The van der Waals surface area contributed by atoms with Gasteiger partial charge in [0, 0.05) is 11.4 Å². The monoisotopic (exact) mass is 390 g/mol. The first-order valence-corrected chi connectivity index (χ1v) is 9.66. The number of primary sulfonamides is 1. The third-order valence-corrected chi connectivity index (χ3v) is 4.82. The van der Waals surface area contributed by atoms with Crippen molar-refractivity contribution in [1.82, 2.24) is 5.32 Å². The second-order valence-corrected chi connectivity index (χ2v) is 7.74. The molecule has 0 aliphatic rings. The van der Waals surface area contributed by atoms with Crippen molar-refractivity contribution < 1.29 is 18.0 Å². The summed E-state index contributed by atoms with van der Waals surface area (Å²) in [4.78, 5) is 23.9. The van der Waals surface area contributed by atoms with Gasteiger partial charge in [-0.2, -0.15) is 0 Å². The molecule has 0 aliphatic heterocycles. The number of benzene rings is 2. The first kappa shape index (κ1) is 20.4. The lowest BCUT2D eigenvalue weighted by Gasteiger charge is -2.13. The molecule has 2 rings (SSSR count). The fraction of sp³-hybridized carbons (Fsp3) is 0.222. The Kier molecular flexibility index (Phi) is 6.19. The van der Waals surface area contributed by atoms with Crippen molar-refractivity contribution >= 4 is 33.3 Å². The highest BCUT2D eigenvalue weighted by Crippen LogP contribution is 2.23. The van der Waals surface area contributed by atoms with E-state index in [9.17, 15) is 18.0 Å². The molecule has 8 nitrogen and oxygen atoms in total. The maximum Gasteiger partial charge on any atom is 0.319 e. The summed E-state index contributed by atoms with van der Waals surface area (Å²) in [5.74, 6) is -0.497. The number of hydrogen-bond acceptors (Lipinski definition) is 4. The van der Waals surface area contributed by atoms with Gasteiger partial charge in [-0.25, -0.2) is 18.4 Å². The predicted molar refractivity (Wildman–Crippen MR) is 104 cm³/mol. The van der Waals surface area contributed by atoms with E-state index in [-0.39, 0.29) is 11.4 Å². The van der Waals surface area contributed by atoms with Crippen molar-refractivity contribution in [2.75, 3.05) is 17.2 Å². The zero-order valence-corrected chi connectivity index (χ0v) is 16.1. The zero-order chi connectivity index (χ0) is 20.2. The number of hydrogen-bond donors (Lipinski definition) is 4.